The summed E-state index contributed by atoms with van der Waals surface area (Å²) in [7, 11) is 1.49. The minimum atomic E-state index is -4.44. The van der Waals surface area contributed by atoms with E-state index in [1.165, 1.54) is 25.3 Å². The standard InChI is InChI=1S/C12H13F3O2/c1-17-8-6-11(16,7-8)9-4-2-3-5-10(9)12(13,14)15/h2-5,8,16H,6-7H2,1H3. The van der Waals surface area contributed by atoms with Gasteiger partial charge in [0.15, 0.2) is 0 Å². The molecule has 1 aromatic carbocycles. The maximum atomic E-state index is 12.8. The maximum Gasteiger partial charge on any atom is 0.416 e. The summed E-state index contributed by atoms with van der Waals surface area (Å²) < 4.78 is 43.3. The van der Waals surface area contributed by atoms with Crippen molar-refractivity contribution >= 4 is 0 Å². The summed E-state index contributed by atoms with van der Waals surface area (Å²) in [6.45, 7) is 0. The van der Waals surface area contributed by atoms with Crippen LogP contribution in [0, 0.1) is 0 Å². The van der Waals surface area contributed by atoms with Crippen molar-refractivity contribution in [2.45, 2.75) is 30.7 Å². The quantitative estimate of drug-likeness (QED) is 0.869. The Hall–Kier alpha value is -1.07. The van der Waals surface area contributed by atoms with Crippen LogP contribution in [0.1, 0.15) is 24.0 Å². The van der Waals surface area contributed by atoms with Crippen molar-refractivity contribution in [2.75, 3.05) is 7.11 Å². The lowest BCUT2D eigenvalue weighted by Crippen LogP contribution is -2.46. The Morgan fingerprint density at radius 3 is 2.41 bits per heavy atom. The summed E-state index contributed by atoms with van der Waals surface area (Å²) in [6.07, 6.45) is -4.20. The predicted molar refractivity (Wildman–Crippen MR) is 55.4 cm³/mol. The van der Waals surface area contributed by atoms with Gasteiger partial charge in [-0.2, -0.15) is 13.2 Å². The fourth-order valence-corrected chi connectivity index (χ4v) is 2.22. The molecule has 1 aliphatic rings. The fraction of sp³-hybridized carbons (Fsp3) is 0.500. The molecule has 1 fully saturated rings. The molecular formula is C12H13F3O2. The zero-order chi connectivity index (χ0) is 12.7. The second kappa shape index (κ2) is 3.99. The third-order valence-electron chi connectivity index (χ3n) is 3.20. The smallest absolute Gasteiger partial charge is 0.385 e. The molecule has 2 rings (SSSR count). The molecule has 1 N–H and O–H groups in total. The number of hydrogen-bond acceptors (Lipinski definition) is 2. The van der Waals surface area contributed by atoms with Crippen molar-refractivity contribution < 1.29 is 23.0 Å². The number of ether oxygens (including phenoxy) is 1. The number of rotatable bonds is 2. The molecule has 0 unspecified atom stereocenters. The Kier molecular flexibility index (Phi) is 2.91. The molecule has 0 bridgehead atoms. The molecule has 1 aliphatic carbocycles. The zero-order valence-corrected chi connectivity index (χ0v) is 9.29. The van der Waals surface area contributed by atoms with Crippen LogP contribution >= 0.6 is 0 Å². The first-order chi connectivity index (χ1) is 7.87. The summed E-state index contributed by atoms with van der Waals surface area (Å²) in [5.74, 6) is 0. The number of halogens is 3. The van der Waals surface area contributed by atoms with E-state index in [4.69, 9.17) is 4.74 Å². The van der Waals surface area contributed by atoms with Gasteiger partial charge in [0, 0.05) is 20.0 Å². The highest BCUT2D eigenvalue weighted by atomic mass is 19.4. The van der Waals surface area contributed by atoms with Gasteiger partial charge in [-0.1, -0.05) is 18.2 Å². The lowest BCUT2D eigenvalue weighted by molar-refractivity contribution is -0.155. The van der Waals surface area contributed by atoms with Crippen molar-refractivity contribution in [1.82, 2.24) is 0 Å². The average molecular weight is 246 g/mol. The van der Waals surface area contributed by atoms with Crippen LogP contribution in [-0.4, -0.2) is 18.3 Å². The van der Waals surface area contributed by atoms with Crippen molar-refractivity contribution in [3.8, 4) is 0 Å². The highest BCUT2D eigenvalue weighted by molar-refractivity contribution is 5.36. The fourth-order valence-electron chi connectivity index (χ4n) is 2.22. The van der Waals surface area contributed by atoms with Gasteiger partial charge in [0.2, 0.25) is 0 Å². The average Bonchev–Trinajstić information content (AvgIpc) is 2.23. The highest BCUT2D eigenvalue weighted by Gasteiger charge is 2.48. The molecule has 2 nitrogen and oxygen atoms in total. The Labute approximate surface area is 97.0 Å². The maximum absolute atomic E-state index is 12.8. The van der Waals surface area contributed by atoms with Gasteiger partial charge >= 0.3 is 6.18 Å². The summed E-state index contributed by atoms with van der Waals surface area (Å²) >= 11 is 0. The topological polar surface area (TPSA) is 29.5 Å². The molecule has 17 heavy (non-hydrogen) atoms. The van der Waals surface area contributed by atoms with Gasteiger partial charge in [0.25, 0.3) is 0 Å². The number of alkyl halides is 3. The summed E-state index contributed by atoms with van der Waals surface area (Å²) in [5, 5.41) is 10.1. The van der Waals surface area contributed by atoms with E-state index >= 15 is 0 Å². The Morgan fingerprint density at radius 1 is 1.29 bits per heavy atom. The second-order valence-electron chi connectivity index (χ2n) is 4.34. The van der Waals surface area contributed by atoms with E-state index in [9.17, 15) is 18.3 Å². The van der Waals surface area contributed by atoms with Crippen LogP contribution in [0.15, 0.2) is 24.3 Å². The van der Waals surface area contributed by atoms with E-state index in [-0.39, 0.29) is 24.5 Å². The number of methoxy groups -OCH3 is 1. The van der Waals surface area contributed by atoms with Gasteiger partial charge in [-0.15, -0.1) is 0 Å². The van der Waals surface area contributed by atoms with Crippen molar-refractivity contribution in [2.24, 2.45) is 0 Å². The minimum absolute atomic E-state index is 0.0548. The van der Waals surface area contributed by atoms with Gasteiger partial charge in [-0.05, 0) is 11.6 Å². The molecule has 0 radical (unpaired) electrons. The van der Waals surface area contributed by atoms with E-state index in [1.54, 1.807) is 0 Å². The molecule has 0 amide bonds. The molecule has 5 heteroatoms. The van der Waals surface area contributed by atoms with E-state index in [2.05, 4.69) is 0 Å². The minimum Gasteiger partial charge on any atom is -0.385 e. The zero-order valence-electron chi connectivity index (χ0n) is 9.29. The lowest BCUT2D eigenvalue weighted by Gasteiger charge is -2.44. The third kappa shape index (κ3) is 2.17. The van der Waals surface area contributed by atoms with E-state index in [0.717, 1.165) is 6.07 Å². The SMILES string of the molecule is COC1CC(O)(c2ccccc2C(F)(F)F)C1. The van der Waals surface area contributed by atoms with Crippen LogP contribution in [-0.2, 0) is 16.5 Å². The van der Waals surface area contributed by atoms with Crippen LogP contribution in [0.2, 0.25) is 0 Å². The molecule has 0 aromatic heterocycles. The van der Waals surface area contributed by atoms with Crippen LogP contribution in [0.3, 0.4) is 0 Å². The van der Waals surface area contributed by atoms with Crippen LogP contribution in [0.4, 0.5) is 13.2 Å². The van der Waals surface area contributed by atoms with Crippen molar-refractivity contribution in [3.05, 3.63) is 35.4 Å². The van der Waals surface area contributed by atoms with Gasteiger partial charge in [0.1, 0.15) is 0 Å². The molecular weight excluding hydrogens is 233 g/mol. The Bertz CT molecular complexity index is 408. The molecule has 1 aromatic rings. The van der Waals surface area contributed by atoms with E-state index in [1.807, 2.05) is 0 Å². The predicted octanol–water partition coefficient (Wildman–Crippen LogP) is 2.70. The van der Waals surface area contributed by atoms with Gasteiger partial charge in [0.05, 0.1) is 17.3 Å². The first-order valence-electron chi connectivity index (χ1n) is 5.29. The van der Waals surface area contributed by atoms with Crippen LogP contribution in [0.25, 0.3) is 0 Å². The third-order valence-corrected chi connectivity index (χ3v) is 3.20. The van der Waals surface area contributed by atoms with Gasteiger partial charge < -0.3 is 9.84 Å². The van der Waals surface area contributed by atoms with E-state index in [0.29, 0.717) is 0 Å². The molecule has 1 saturated carbocycles. The van der Waals surface area contributed by atoms with Crippen molar-refractivity contribution in [1.29, 1.82) is 0 Å². The first-order valence-corrected chi connectivity index (χ1v) is 5.29. The molecule has 0 saturated heterocycles. The lowest BCUT2D eigenvalue weighted by atomic mass is 9.71. The monoisotopic (exact) mass is 246 g/mol. The molecule has 0 spiro atoms. The van der Waals surface area contributed by atoms with Crippen LogP contribution in [0.5, 0.6) is 0 Å². The normalized spacial score (nSPS) is 28.9. The van der Waals surface area contributed by atoms with Crippen molar-refractivity contribution in [3.63, 3.8) is 0 Å². The van der Waals surface area contributed by atoms with Gasteiger partial charge in [-0.3, -0.25) is 0 Å². The number of hydrogen-bond donors (Lipinski definition) is 1. The summed E-state index contributed by atoms with van der Waals surface area (Å²) in [5.41, 5.74) is -2.23. The number of benzene rings is 1. The van der Waals surface area contributed by atoms with Gasteiger partial charge in [-0.25, -0.2) is 0 Å². The molecule has 94 valence electrons. The molecule has 0 aliphatic heterocycles. The first kappa shape index (κ1) is 12.4. The van der Waals surface area contributed by atoms with Crippen LogP contribution < -0.4 is 0 Å². The Morgan fingerprint density at radius 2 is 1.88 bits per heavy atom. The largest absolute Gasteiger partial charge is 0.416 e. The summed E-state index contributed by atoms with van der Waals surface area (Å²) in [6, 6.07) is 5.15. The number of aliphatic hydroxyl groups is 1. The Balaban J connectivity index is 2.34. The highest BCUT2D eigenvalue weighted by Crippen LogP contribution is 2.47. The second-order valence-corrected chi connectivity index (χ2v) is 4.34. The molecule has 0 atom stereocenters. The van der Waals surface area contributed by atoms with E-state index < -0.39 is 17.3 Å². The molecule has 0 heterocycles. The summed E-state index contributed by atoms with van der Waals surface area (Å²) in [4.78, 5) is 0.